The van der Waals surface area contributed by atoms with Gasteiger partial charge in [0.2, 0.25) is 5.91 Å². The van der Waals surface area contributed by atoms with Crippen LogP contribution in [0.25, 0.3) is 0 Å². The summed E-state index contributed by atoms with van der Waals surface area (Å²) in [6.07, 6.45) is 2.51. The minimum atomic E-state index is -1.65. The van der Waals surface area contributed by atoms with Crippen LogP contribution in [0.2, 0.25) is 0 Å². The predicted molar refractivity (Wildman–Crippen MR) is 168 cm³/mol. The number of piperidine rings is 1. The molecule has 4 aliphatic rings. The average Bonchev–Trinajstić information content (AvgIpc) is 3.28. The molecular formula is C35H39N3O8. The second kappa shape index (κ2) is 11.0. The lowest BCUT2D eigenvalue weighted by atomic mass is 9.70. The maximum atomic E-state index is 14.3. The number of rotatable bonds is 6. The summed E-state index contributed by atoms with van der Waals surface area (Å²) in [6.45, 7) is 11.3. The standard InChI is InChI=1S/C35H39N3O8/c1-16(2)10-22(34(45)37-13-20-11-21(15-37)23-8-7-9-26(41)38(23)14-20)36-18(4)27-24(40)12-25-35(6,33(27)44)29-31(43)17(3)30(42)28(19(5)39)32(29)46-25/h7-9,12,16,20-22,36,42-43H,10-11,13-15H2,1-6H3/b27-18+/t20-,21+,22+,35+/m1/s1. The Balaban J connectivity index is 1.34. The average molecular weight is 630 g/mol. The number of nitrogens with zero attached hydrogens (tertiary/aromatic N) is 2. The summed E-state index contributed by atoms with van der Waals surface area (Å²) < 4.78 is 7.68. The molecule has 1 aliphatic carbocycles. The van der Waals surface area contributed by atoms with E-state index < -0.39 is 40.3 Å². The van der Waals surface area contributed by atoms with Gasteiger partial charge >= 0.3 is 0 Å². The van der Waals surface area contributed by atoms with E-state index in [9.17, 15) is 34.2 Å². The van der Waals surface area contributed by atoms with Crippen molar-refractivity contribution in [3.8, 4) is 17.2 Å². The first-order valence-electron chi connectivity index (χ1n) is 15.7. The van der Waals surface area contributed by atoms with E-state index in [2.05, 4.69) is 5.32 Å². The molecule has 3 N–H and O–H groups in total. The summed E-state index contributed by atoms with van der Waals surface area (Å²) in [4.78, 5) is 68.7. The van der Waals surface area contributed by atoms with Gasteiger partial charge in [0.1, 0.15) is 40.0 Å². The molecule has 1 aromatic carbocycles. The fourth-order valence-electron chi connectivity index (χ4n) is 7.69. The van der Waals surface area contributed by atoms with Crippen LogP contribution in [0.4, 0.5) is 0 Å². The van der Waals surface area contributed by atoms with Gasteiger partial charge in [0.15, 0.2) is 17.3 Å². The van der Waals surface area contributed by atoms with Crippen molar-refractivity contribution in [1.29, 1.82) is 0 Å². The van der Waals surface area contributed by atoms with E-state index in [4.69, 9.17) is 4.74 Å². The molecule has 2 bridgehead atoms. The topological polar surface area (TPSA) is 155 Å². The van der Waals surface area contributed by atoms with Gasteiger partial charge in [-0.25, -0.2) is 0 Å². The summed E-state index contributed by atoms with van der Waals surface area (Å²) in [5, 5.41) is 25.0. The van der Waals surface area contributed by atoms with Crippen LogP contribution in [-0.2, 0) is 26.3 Å². The van der Waals surface area contributed by atoms with E-state index >= 15 is 0 Å². The van der Waals surface area contributed by atoms with E-state index in [-0.39, 0.29) is 68.7 Å². The molecule has 1 amide bonds. The van der Waals surface area contributed by atoms with E-state index in [1.54, 1.807) is 19.1 Å². The minimum Gasteiger partial charge on any atom is -0.507 e. The summed E-state index contributed by atoms with van der Waals surface area (Å²) >= 11 is 0. The Bertz CT molecular complexity index is 1850. The normalized spacial score (nSPS) is 24.8. The van der Waals surface area contributed by atoms with E-state index in [1.807, 2.05) is 29.4 Å². The molecule has 4 heterocycles. The molecule has 0 unspecified atom stereocenters. The monoisotopic (exact) mass is 629 g/mol. The fraction of sp³-hybridized carbons (Fsp3) is 0.457. The number of ether oxygens (including phenoxy) is 1. The number of Topliss-reactive ketones (excluding diaryl/α,β-unsaturated/α-hetero) is 2. The Morgan fingerprint density at radius 2 is 1.80 bits per heavy atom. The number of amides is 1. The van der Waals surface area contributed by atoms with Crippen LogP contribution in [0.1, 0.15) is 80.6 Å². The van der Waals surface area contributed by atoms with Crippen molar-refractivity contribution >= 4 is 23.3 Å². The van der Waals surface area contributed by atoms with Crippen LogP contribution in [0, 0.1) is 18.8 Å². The van der Waals surface area contributed by atoms with Gasteiger partial charge in [-0.15, -0.1) is 0 Å². The van der Waals surface area contributed by atoms with Crippen LogP contribution in [0.15, 0.2) is 46.1 Å². The molecule has 11 nitrogen and oxygen atoms in total. The highest BCUT2D eigenvalue weighted by atomic mass is 16.5. The second-order valence-corrected chi connectivity index (χ2v) is 13.7. The van der Waals surface area contributed by atoms with Crippen molar-refractivity contribution < 1.29 is 34.1 Å². The number of fused-ring (bicyclic) bond motifs is 7. The number of aromatic hydroxyl groups is 2. The number of aromatic nitrogens is 1. The third-order valence-electron chi connectivity index (χ3n) is 9.95. The fourth-order valence-corrected chi connectivity index (χ4v) is 7.69. The number of ketones is 3. The van der Waals surface area contributed by atoms with Gasteiger partial charge in [0.05, 0.1) is 11.1 Å². The highest BCUT2D eigenvalue weighted by molar-refractivity contribution is 6.31. The Labute approximate surface area is 266 Å². The largest absolute Gasteiger partial charge is 0.507 e. The van der Waals surface area contributed by atoms with Crippen molar-refractivity contribution in [2.75, 3.05) is 13.1 Å². The molecule has 242 valence electrons. The maximum Gasteiger partial charge on any atom is 0.250 e. The first kappa shape index (κ1) is 31.3. The number of allylic oxidation sites excluding steroid dienone is 4. The van der Waals surface area contributed by atoms with Crippen LogP contribution in [0.5, 0.6) is 17.2 Å². The SMILES string of the molecule is CC(=O)c1c(O)c(C)c(O)c2c1OC1=CC(=O)/C(=C(/C)N[C@@H](CC(C)C)C(=O)N3C[C@H]4C[C@@H](C3)c3cccc(=O)n3C4)C(=O)[C@@]12C. The van der Waals surface area contributed by atoms with Crippen molar-refractivity contribution in [3.05, 3.63) is 74.0 Å². The zero-order valence-corrected chi connectivity index (χ0v) is 26.9. The number of benzene rings is 1. The summed E-state index contributed by atoms with van der Waals surface area (Å²) in [5.74, 6) is -2.73. The van der Waals surface area contributed by atoms with Crippen LogP contribution >= 0.6 is 0 Å². The smallest absolute Gasteiger partial charge is 0.250 e. The quantitative estimate of drug-likeness (QED) is 0.248. The second-order valence-electron chi connectivity index (χ2n) is 13.7. The lowest BCUT2D eigenvalue weighted by molar-refractivity contribution is -0.136. The number of carbonyl (C=O) groups is 4. The summed E-state index contributed by atoms with van der Waals surface area (Å²) in [6, 6.07) is 4.53. The van der Waals surface area contributed by atoms with Crippen molar-refractivity contribution in [3.63, 3.8) is 0 Å². The number of hydrogen-bond donors (Lipinski definition) is 3. The number of pyridine rings is 1. The molecule has 4 atom stereocenters. The number of likely N-dealkylation sites (tertiary alicyclic amines) is 1. The first-order chi connectivity index (χ1) is 21.6. The van der Waals surface area contributed by atoms with Gasteiger partial charge in [-0.2, -0.15) is 0 Å². The number of phenolic OH excluding ortho intramolecular Hbond substituents is 2. The lowest BCUT2D eigenvalue weighted by Gasteiger charge is -2.44. The van der Waals surface area contributed by atoms with Crippen molar-refractivity contribution in [2.45, 2.75) is 78.3 Å². The Morgan fingerprint density at radius 1 is 1.09 bits per heavy atom. The van der Waals surface area contributed by atoms with Gasteiger partial charge in [-0.1, -0.05) is 19.9 Å². The third kappa shape index (κ3) is 4.66. The third-order valence-corrected chi connectivity index (χ3v) is 9.95. The molecule has 11 heteroatoms. The van der Waals surface area contributed by atoms with Gasteiger partial charge in [-0.05, 0) is 58.4 Å². The number of nitrogens with one attached hydrogen (secondary N) is 1. The van der Waals surface area contributed by atoms with Crippen molar-refractivity contribution in [2.24, 2.45) is 11.8 Å². The van der Waals surface area contributed by atoms with E-state index in [0.717, 1.165) is 12.1 Å². The zero-order valence-electron chi connectivity index (χ0n) is 26.9. The number of carbonyl (C=O) groups excluding carboxylic acids is 4. The minimum absolute atomic E-state index is 0.0103. The molecule has 6 rings (SSSR count). The summed E-state index contributed by atoms with van der Waals surface area (Å²) in [5.41, 5.74) is -0.865. The van der Waals surface area contributed by atoms with Gasteiger partial charge in [-0.3, -0.25) is 24.0 Å². The molecular weight excluding hydrogens is 590 g/mol. The van der Waals surface area contributed by atoms with E-state index in [0.29, 0.717) is 26.1 Å². The Morgan fingerprint density at radius 3 is 2.48 bits per heavy atom. The molecule has 46 heavy (non-hydrogen) atoms. The van der Waals surface area contributed by atoms with Crippen molar-refractivity contribution in [1.82, 2.24) is 14.8 Å². The predicted octanol–water partition coefficient (Wildman–Crippen LogP) is 3.38. The molecule has 1 saturated heterocycles. The van der Waals surface area contributed by atoms with Gasteiger partial charge in [0, 0.05) is 54.6 Å². The van der Waals surface area contributed by atoms with Crippen LogP contribution < -0.4 is 15.6 Å². The highest BCUT2D eigenvalue weighted by Crippen LogP contribution is 2.57. The summed E-state index contributed by atoms with van der Waals surface area (Å²) in [7, 11) is 0. The Kier molecular flexibility index (Phi) is 7.48. The number of hydrogen-bond acceptors (Lipinski definition) is 9. The maximum absolute atomic E-state index is 14.3. The Hall–Kier alpha value is -4.67. The molecule has 1 aromatic heterocycles. The molecule has 0 radical (unpaired) electrons. The van der Waals surface area contributed by atoms with Crippen LogP contribution in [0.3, 0.4) is 0 Å². The lowest BCUT2D eigenvalue weighted by Crippen LogP contribution is -2.54. The van der Waals surface area contributed by atoms with Crippen LogP contribution in [-0.4, -0.2) is 62.1 Å². The number of phenols is 2. The zero-order chi connectivity index (χ0) is 33.4. The van der Waals surface area contributed by atoms with Gasteiger partial charge in [0.25, 0.3) is 5.56 Å². The first-order valence-corrected chi connectivity index (χ1v) is 15.7. The molecule has 1 fully saturated rings. The highest BCUT2D eigenvalue weighted by Gasteiger charge is 2.56. The van der Waals surface area contributed by atoms with E-state index in [1.165, 1.54) is 26.8 Å². The molecule has 0 saturated carbocycles. The molecule has 0 spiro atoms. The molecule has 2 aromatic rings. The van der Waals surface area contributed by atoms with Gasteiger partial charge < -0.3 is 29.7 Å². The molecule has 3 aliphatic heterocycles.